The lowest BCUT2D eigenvalue weighted by Crippen LogP contribution is -2.01. The van der Waals surface area contributed by atoms with Crippen LogP contribution >= 0.6 is 27.5 Å². The molecule has 0 unspecified atom stereocenters. The highest BCUT2D eigenvalue weighted by atomic mass is 79.9. The van der Waals surface area contributed by atoms with Gasteiger partial charge >= 0.3 is 0 Å². The van der Waals surface area contributed by atoms with Crippen LogP contribution in [0.4, 0.5) is 0 Å². The third-order valence-electron chi connectivity index (χ3n) is 1.96. The molecule has 0 radical (unpaired) electrons. The van der Waals surface area contributed by atoms with E-state index in [0.717, 1.165) is 11.0 Å². The fourth-order valence-electron chi connectivity index (χ4n) is 1.17. The Hall–Kier alpha value is -1.01. The van der Waals surface area contributed by atoms with Crippen LogP contribution in [0.3, 0.4) is 0 Å². The molecular weight excluding hydrogens is 278 g/mol. The Morgan fingerprint density at radius 1 is 1.67 bits per heavy atom. The molecule has 0 aromatic carbocycles. The number of rotatable bonds is 3. The third-order valence-corrected chi connectivity index (χ3v) is 3.50. The Bertz CT molecular complexity index is 491. The van der Waals surface area contributed by atoms with Gasteiger partial charge in [-0.25, -0.2) is 0 Å². The number of halogens is 1. The van der Waals surface area contributed by atoms with Gasteiger partial charge in [-0.05, 0) is 34.4 Å². The molecule has 0 atom stereocenters. The molecule has 0 N–H and O–H groups in total. The second-order valence-corrected chi connectivity index (χ2v) is 4.41. The number of hydrogen-bond donors (Lipinski definition) is 0. The zero-order valence-corrected chi connectivity index (χ0v) is 10.4. The van der Waals surface area contributed by atoms with E-state index in [9.17, 15) is 4.79 Å². The zero-order valence-electron chi connectivity index (χ0n) is 7.98. The van der Waals surface area contributed by atoms with Crippen LogP contribution in [-0.2, 0) is 6.54 Å². The molecular formula is C9H8BrN3OS. The van der Waals surface area contributed by atoms with E-state index in [1.807, 2.05) is 6.92 Å². The van der Waals surface area contributed by atoms with Crippen LogP contribution in [0.5, 0.6) is 0 Å². The first-order valence-electron chi connectivity index (χ1n) is 4.39. The van der Waals surface area contributed by atoms with E-state index in [1.165, 1.54) is 11.5 Å². The molecule has 0 saturated heterocycles. The van der Waals surface area contributed by atoms with Crippen LogP contribution in [0.2, 0.25) is 0 Å². The van der Waals surface area contributed by atoms with E-state index in [1.54, 1.807) is 22.5 Å². The Labute approximate surface area is 99.2 Å². The minimum absolute atomic E-state index is 0.0946. The predicted octanol–water partition coefficient (Wildman–Crippen LogP) is 2.35. The molecule has 15 heavy (non-hydrogen) atoms. The SMILES string of the molecule is CCn1cc(C(=O)c2nscc2Br)cn1. The second kappa shape index (κ2) is 4.24. The van der Waals surface area contributed by atoms with Crippen molar-refractivity contribution >= 4 is 33.2 Å². The van der Waals surface area contributed by atoms with Gasteiger partial charge in [-0.15, -0.1) is 0 Å². The number of nitrogens with zero attached hydrogens (tertiary/aromatic N) is 3. The monoisotopic (exact) mass is 285 g/mol. The number of aryl methyl sites for hydroxylation is 1. The maximum atomic E-state index is 11.9. The van der Waals surface area contributed by atoms with E-state index in [4.69, 9.17) is 0 Å². The van der Waals surface area contributed by atoms with Gasteiger partial charge < -0.3 is 0 Å². The molecule has 0 aliphatic carbocycles. The summed E-state index contributed by atoms with van der Waals surface area (Å²) in [4.78, 5) is 11.9. The van der Waals surface area contributed by atoms with Gasteiger partial charge in [0.25, 0.3) is 0 Å². The fraction of sp³-hybridized carbons (Fsp3) is 0.222. The molecule has 2 heterocycles. The van der Waals surface area contributed by atoms with Crippen molar-refractivity contribution in [1.29, 1.82) is 0 Å². The maximum Gasteiger partial charge on any atom is 0.216 e. The third kappa shape index (κ3) is 2.00. The first kappa shape index (κ1) is 10.5. The summed E-state index contributed by atoms with van der Waals surface area (Å²) in [5, 5.41) is 5.84. The highest BCUT2D eigenvalue weighted by Gasteiger charge is 2.16. The summed E-state index contributed by atoms with van der Waals surface area (Å²) in [6.07, 6.45) is 3.30. The maximum absolute atomic E-state index is 11.9. The van der Waals surface area contributed by atoms with Crippen LogP contribution in [-0.4, -0.2) is 19.9 Å². The average molecular weight is 286 g/mol. The van der Waals surface area contributed by atoms with Gasteiger partial charge in [0.05, 0.1) is 16.2 Å². The molecule has 0 saturated carbocycles. The van der Waals surface area contributed by atoms with Crippen molar-refractivity contribution in [3.8, 4) is 0 Å². The molecule has 78 valence electrons. The lowest BCUT2D eigenvalue weighted by molar-refractivity contribution is 0.103. The van der Waals surface area contributed by atoms with Gasteiger partial charge in [0.15, 0.2) is 0 Å². The lowest BCUT2D eigenvalue weighted by Gasteiger charge is -1.93. The smallest absolute Gasteiger partial charge is 0.216 e. The van der Waals surface area contributed by atoms with Crippen molar-refractivity contribution in [3.63, 3.8) is 0 Å². The van der Waals surface area contributed by atoms with Gasteiger partial charge in [-0.1, -0.05) is 0 Å². The van der Waals surface area contributed by atoms with Crippen molar-refractivity contribution in [1.82, 2.24) is 14.2 Å². The Morgan fingerprint density at radius 2 is 2.47 bits per heavy atom. The number of aromatic nitrogens is 3. The fourth-order valence-corrected chi connectivity index (χ4v) is 2.35. The summed E-state index contributed by atoms with van der Waals surface area (Å²) in [5.41, 5.74) is 1.03. The zero-order chi connectivity index (χ0) is 10.8. The molecule has 6 heteroatoms. The van der Waals surface area contributed by atoms with Crippen molar-refractivity contribution < 1.29 is 4.79 Å². The average Bonchev–Trinajstić information content (AvgIpc) is 2.84. The number of ketones is 1. The van der Waals surface area contributed by atoms with E-state index < -0.39 is 0 Å². The van der Waals surface area contributed by atoms with E-state index in [-0.39, 0.29) is 5.78 Å². The summed E-state index contributed by atoms with van der Waals surface area (Å²) >= 11 is 4.54. The first-order chi connectivity index (χ1) is 7.22. The minimum atomic E-state index is -0.0946. The van der Waals surface area contributed by atoms with E-state index >= 15 is 0 Å². The molecule has 2 aromatic rings. The molecule has 2 rings (SSSR count). The van der Waals surface area contributed by atoms with E-state index in [0.29, 0.717) is 11.3 Å². The van der Waals surface area contributed by atoms with Crippen LogP contribution in [0.25, 0.3) is 0 Å². The summed E-state index contributed by atoms with van der Waals surface area (Å²) < 4.78 is 6.49. The Morgan fingerprint density at radius 3 is 3.00 bits per heavy atom. The highest BCUT2D eigenvalue weighted by Crippen LogP contribution is 2.20. The minimum Gasteiger partial charge on any atom is -0.287 e. The molecule has 0 bridgehead atoms. The quantitative estimate of drug-likeness (QED) is 0.814. The van der Waals surface area contributed by atoms with Gasteiger partial charge in [0, 0.05) is 18.1 Å². The van der Waals surface area contributed by atoms with Crippen LogP contribution < -0.4 is 0 Å². The molecule has 0 fully saturated rings. The summed E-state index contributed by atoms with van der Waals surface area (Å²) in [5.74, 6) is -0.0946. The summed E-state index contributed by atoms with van der Waals surface area (Å²) in [6.45, 7) is 2.73. The van der Waals surface area contributed by atoms with Gasteiger partial charge in [0.1, 0.15) is 5.69 Å². The van der Waals surface area contributed by atoms with Crippen molar-refractivity contribution in [2.75, 3.05) is 0 Å². The first-order valence-corrected chi connectivity index (χ1v) is 6.02. The molecule has 2 aromatic heterocycles. The van der Waals surface area contributed by atoms with Gasteiger partial charge in [-0.2, -0.15) is 9.47 Å². The topological polar surface area (TPSA) is 47.8 Å². The van der Waals surface area contributed by atoms with Crippen molar-refractivity contribution in [3.05, 3.63) is 33.5 Å². The largest absolute Gasteiger partial charge is 0.287 e. The van der Waals surface area contributed by atoms with Crippen LogP contribution in [0.1, 0.15) is 23.0 Å². The second-order valence-electron chi connectivity index (χ2n) is 2.92. The van der Waals surface area contributed by atoms with Gasteiger partial charge in [0.2, 0.25) is 5.78 Å². The summed E-state index contributed by atoms with van der Waals surface area (Å²) in [6, 6.07) is 0. The number of carbonyl (C=O) groups excluding carboxylic acids is 1. The molecule has 4 nitrogen and oxygen atoms in total. The highest BCUT2D eigenvalue weighted by molar-refractivity contribution is 9.10. The predicted molar refractivity (Wildman–Crippen MR) is 61.1 cm³/mol. The Balaban J connectivity index is 2.32. The standard InChI is InChI=1S/C9H8BrN3OS/c1-2-13-4-6(3-11-13)9(14)8-7(10)5-15-12-8/h3-5H,2H2,1H3. The van der Waals surface area contributed by atoms with E-state index in [2.05, 4.69) is 25.4 Å². The van der Waals surface area contributed by atoms with Crippen LogP contribution in [0, 0.1) is 0 Å². The molecule has 0 aliphatic rings. The van der Waals surface area contributed by atoms with Gasteiger partial charge in [-0.3, -0.25) is 9.48 Å². The number of hydrogen-bond acceptors (Lipinski definition) is 4. The van der Waals surface area contributed by atoms with Crippen molar-refractivity contribution in [2.45, 2.75) is 13.5 Å². The summed E-state index contributed by atoms with van der Waals surface area (Å²) in [7, 11) is 0. The lowest BCUT2D eigenvalue weighted by atomic mass is 10.2. The Kier molecular flexibility index (Phi) is 2.97. The van der Waals surface area contributed by atoms with Crippen LogP contribution in [0.15, 0.2) is 22.2 Å². The molecule has 0 spiro atoms. The molecule has 0 aliphatic heterocycles. The molecule has 0 amide bonds. The normalized spacial score (nSPS) is 10.5. The van der Waals surface area contributed by atoms with Crippen molar-refractivity contribution in [2.24, 2.45) is 0 Å². The number of carbonyl (C=O) groups is 1.